The average Bonchev–Trinajstić information content (AvgIpc) is 3.36. The van der Waals surface area contributed by atoms with Crippen LogP contribution < -0.4 is 18.9 Å². The third-order valence-electron chi connectivity index (χ3n) is 5.49. The molecule has 2 aliphatic rings. The van der Waals surface area contributed by atoms with Gasteiger partial charge in [0.1, 0.15) is 11.5 Å². The summed E-state index contributed by atoms with van der Waals surface area (Å²) >= 11 is 0. The molecule has 0 aliphatic carbocycles. The molecule has 0 saturated heterocycles. The number of ether oxygens (including phenoxy) is 5. The second-order valence-corrected chi connectivity index (χ2v) is 7.47. The van der Waals surface area contributed by atoms with Crippen LogP contribution in [0.3, 0.4) is 0 Å². The zero-order chi connectivity index (χ0) is 20.5. The Bertz CT molecular complexity index is 920. The summed E-state index contributed by atoms with van der Waals surface area (Å²) in [6.45, 7) is 8.40. The van der Waals surface area contributed by atoms with Gasteiger partial charge in [-0.05, 0) is 36.3 Å². The van der Waals surface area contributed by atoms with Crippen molar-refractivity contribution in [2.24, 2.45) is 0 Å². The molecule has 3 atom stereocenters. The maximum Gasteiger partial charge on any atom is 0.231 e. The lowest BCUT2D eigenvalue weighted by Gasteiger charge is -2.19. The van der Waals surface area contributed by atoms with Crippen molar-refractivity contribution in [3.05, 3.63) is 53.6 Å². The van der Waals surface area contributed by atoms with Gasteiger partial charge in [0.05, 0.1) is 19.8 Å². The predicted molar refractivity (Wildman–Crippen MR) is 109 cm³/mol. The summed E-state index contributed by atoms with van der Waals surface area (Å²) in [5.41, 5.74) is 3.66. The summed E-state index contributed by atoms with van der Waals surface area (Å²) in [6, 6.07) is 9.68. The van der Waals surface area contributed by atoms with Gasteiger partial charge in [-0.2, -0.15) is 0 Å². The monoisotopic (exact) mass is 398 g/mol. The molecule has 2 heterocycles. The smallest absolute Gasteiger partial charge is 0.231 e. The molecule has 0 spiro atoms. The molecule has 0 amide bonds. The molecule has 29 heavy (non-hydrogen) atoms. The van der Waals surface area contributed by atoms with Gasteiger partial charge >= 0.3 is 0 Å². The van der Waals surface area contributed by atoms with E-state index in [0.717, 1.165) is 33.8 Å². The summed E-state index contributed by atoms with van der Waals surface area (Å²) in [5.74, 6) is 2.83. The van der Waals surface area contributed by atoms with Crippen molar-refractivity contribution < 1.29 is 28.8 Å². The summed E-state index contributed by atoms with van der Waals surface area (Å²) < 4.78 is 28.3. The van der Waals surface area contributed by atoms with Crippen LogP contribution in [0.4, 0.5) is 0 Å². The molecular formula is C23H26O6. The molecule has 4 rings (SSSR count). The van der Waals surface area contributed by atoms with Gasteiger partial charge < -0.3 is 28.8 Å². The Morgan fingerprint density at radius 2 is 2.03 bits per heavy atom. The minimum atomic E-state index is -0.477. The van der Waals surface area contributed by atoms with Crippen molar-refractivity contribution in [1.29, 1.82) is 0 Å². The normalized spacial score (nSPS) is 18.7. The van der Waals surface area contributed by atoms with Crippen LogP contribution in [0.2, 0.25) is 0 Å². The molecule has 0 saturated carbocycles. The van der Waals surface area contributed by atoms with E-state index in [4.69, 9.17) is 23.7 Å². The fourth-order valence-electron chi connectivity index (χ4n) is 3.50. The lowest BCUT2D eigenvalue weighted by molar-refractivity contribution is -0.0514. The lowest BCUT2D eigenvalue weighted by Crippen LogP contribution is -2.18. The highest BCUT2D eigenvalue weighted by Crippen LogP contribution is 2.42. The maximum atomic E-state index is 9.98. The molecule has 1 N–H and O–H groups in total. The van der Waals surface area contributed by atoms with Crippen LogP contribution in [0.1, 0.15) is 36.5 Å². The van der Waals surface area contributed by atoms with Crippen LogP contribution in [0, 0.1) is 0 Å². The van der Waals surface area contributed by atoms with E-state index in [9.17, 15) is 5.11 Å². The van der Waals surface area contributed by atoms with Crippen LogP contribution in [-0.4, -0.2) is 38.0 Å². The van der Waals surface area contributed by atoms with E-state index in [1.807, 2.05) is 37.3 Å². The zero-order valence-electron chi connectivity index (χ0n) is 16.9. The molecule has 2 aliphatic heterocycles. The predicted octanol–water partition coefficient (Wildman–Crippen LogP) is 3.90. The minimum absolute atomic E-state index is 0.0420. The van der Waals surface area contributed by atoms with Crippen molar-refractivity contribution in [2.45, 2.75) is 38.6 Å². The third kappa shape index (κ3) is 3.91. The second-order valence-electron chi connectivity index (χ2n) is 7.47. The van der Waals surface area contributed by atoms with Crippen molar-refractivity contribution in [2.75, 3.05) is 20.5 Å². The number of fused-ring (bicyclic) bond motifs is 2. The van der Waals surface area contributed by atoms with Gasteiger partial charge in [-0.25, -0.2) is 0 Å². The highest BCUT2D eigenvalue weighted by atomic mass is 16.7. The molecule has 0 bridgehead atoms. The number of aliphatic hydroxyl groups is 1. The first-order valence-electron chi connectivity index (χ1n) is 9.71. The van der Waals surface area contributed by atoms with Crippen LogP contribution in [0.15, 0.2) is 36.9 Å². The van der Waals surface area contributed by atoms with Gasteiger partial charge in [0.25, 0.3) is 0 Å². The Balaban J connectivity index is 1.46. The Kier molecular flexibility index (Phi) is 5.39. The molecule has 3 unspecified atom stereocenters. The van der Waals surface area contributed by atoms with E-state index in [0.29, 0.717) is 17.9 Å². The molecule has 0 fully saturated rings. The van der Waals surface area contributed by atoms with Gasteiger partial charge in [0.15, 0.2) is 11.5 Å². The Hall–Kier alpha value is -2.70. The van der Waals surface area contributed by atoms with Crippen molar-refractivity contribution in [3.63, 3.8) is 0 Å². The number of benzene rings is 2. The van der Waals surface area contributed by atoms with E-state index in [2.05, 4.69) is 6.58 Å². The van der Waals surface area contributed by atoms with Gasteiger partial charge in [0, 0.05) is 29.5 Å². The highest BCUT2D eigenvalue weighted by Gasteiger charge is 2.27. The first-order chi connectivity index (χ1) is 14.0. The van der Waals surface area contributed by atoms with Crippen molar-refractivity contribution in [3.8, 4) is 23.0 Å². The van der Waals surface area contributed by atoms with E-state index >= 15 is 0 Å². The summed E-state index contributed by atoms with van der Waals surface area (Å²) in [6.07, 6.45) is -0.183. The number of methoxy groups -OCH3 is 1. The number of hydrogen-bond donors (Lipinski definition) is 1. The van der Waals surface area contributed by atoms with Gasteiger partial charge in [-0.15, -0.1) is 0 Å². The number of rotatable bonds is 7. The zero-order valence-corrected chi connectivity index (χ0v) is 16.9. The van der Waals surface area contributed by atoms with Gasteiger partial charge in [-0.1, -0.05) is 19.6 Å². The second kappa shape index (κ2) is 7.97. The molecule has 6 nitrogen and oxygen atoms in total. The Morgan fingerprint density at radius 1 is 1.21 bits per heavy atom. The van der Waals surface area contributed by atoms with Crippen molar-refractivity contribution in [1.82, 2.24) is 0 Å². The molecule has 154 valence electrons. The molecule has 2 aromatic rings. The fraction of sp³-hybridized carbons (Fsp3) is 0.391. The first-order valence-corrected chi connectivity index (χ1v) is 9.71. The van der Waals surface area contributed by atoms with Gasteiger partial charge in [-0.3, -0.25) is 0 Å². The lowest BCUT2D eigenvalue weighted by atomic mass is 9.92. The van der Waals surface area contributed by atoms with Crippen LogP contribution in [0.5, 0.6) is 23.0 Å². The number of aliphatic hydroxyl groups excluding tert-OH is 1. The molecular weight excluding hydrogens is 372 g/mol. The van der Waals surface area contributed by atoms with E-state index in [1.165, 1.54) is 0 Å². The van der Waals surface area contributed by atoms with E-state index in [1.54, 1.807) is 14.0 Å². The minimum Gasteiger partial charge on any atom is -0.497 e. The first kappa shape index (κ1) is 19.6. The molecule has 0 radical (unpaired) electrons. The van der Waals surface area contributed by atoms with Crippen molar-refractivity contribution >= 4 is 5.57 Å². The summed E-state index contributed by atoms with van der Waals surface area (Å²) in [7, 11) is 1.63. The SMILES string of the molecule is C=C(COC1Cc2ccc(OC)cc2O1)c1cc(C(C)C(C)O)cc2c1OCO2. The maximum absolute atomic E-state index is 9.98. The Labute approximate surface area is 170 Å². The Morgan fingerprint density at radius 3 is 2.79 bits per heavy atom. The van der Waals surface area contributed by atoms with E-state index < -0.39 is 6.10 Å². The number of hydrogen-bond acceptors (Lipinski definition) is 6. The summed E-state index contributed by atoms with van der Waals surface area (Å²) in [5, 5.41) is 9.98. The standard InChI is InChI=1S/C23H26O6/c1-13(11-26-22-9-16-5-6-18(25-4)10-20(16)29-22)19-7-17(14(2)15(3)24)8-21-23(19)28-12-27-21/h5-8,10,14-15,22,24H,1,9,11-12H2,2-4H3. The highest BCUT2D eigenvalue weighted by molar-refractivity contribution is 5.74. The fourth-order valence-corrected chi connectivity index (χ4v) is 3.50. The third-order valence-corrected chi connectivity index (χ3v) is 5.49. The molecule has 2 aromatic carbocycles. The molecule has 0 aromatic heterocycles. The quantitative estimate of drug-likeness (QED) is 0.763. The summed E-state index contributed by atoms with van der Waals surface area (Å²) in [4.78, 5) is 0. The van der Waals surface area contributed by atoms with E-state index in [-0.39, 0.29) is 25.6 Å². The topological polar surface area (TPSA) is 66.4 Å². The molecule has 6 heteroatoms. The van der Waals surface area contributed by atoms with Gasteiger partial charge in [0.2, 0.25) is 13.1 Å². The largest absolute Gasteiger partial charge is 0.497 e. The van der Waals surface area contributed by atoms with Crippen LogP contribution in [-0.2, 0) is 11.2 Å². The van der Waals surface area contributed by atoms with Crippen LogP contribution in [0.25, 0.3) is 5.57 Å². The van der Waals surface area contributed by atoms with Crippen LogP contribution >= 0.6 is 0 Å². The average molecular weight is 398 g/mol.